The van der Waals surface area contributed by atoms with Crippen molar-refractivity contribution in [1.82, 2.24) is 10.5 Å². The number of nitrogen functional groups attached to an aromatic ring is 1. The van der Waals surface area contributed by atoms with Crippen molar-refractivity contribution < 1.29 is 9.32 Å². The highest BCUT2D eigenvalue weighted by molar-refractivity contribution is 9.10. The Morgan fingerprint density at radius 2 is 2.15 bits per heavy atom. The first-order valence-corrected chi connectivity index (χ1v) is 6.98. The highest BCUT2D eigenvalue weighted by Crippen LogP contribution is 2.23. The zero-order valence-electron chi connectivity index (χ0n) is 11.5. The molecule has 0 saturated carbocycles. The van der Waals surface area contributed by atoms with Crippen LogP contribution in [0.15, 0.2) is 27.2 Å². The third kappa shape index (κ3) is 2.85. The predicted octanol–water partition coefficient (Wildman–Crippen LogP) is 3.13. The molecule has 106 valence electrons. The van der Waals surface area contributed by atoms with Gasteiger partial charge >= 0.3 is 0 Å². The van der Waals surface area contributed by atoms with Crippen LogP contribution in [0.5, 0.6) is 0 Å². The molecule has 0 radical (unpaired) electrons. The fraction of sp³-hybridized carbons (Fsp3) is 0.286. The van der Waals surface area contributed by atoms with Crippen molar-refractivity contribution >= 4 is 27.5 Å². The summed E-state index contributed by atoms with van der Waals surface area (Å²) in [5.41, 5.74) is 8.41. The minimum absolute atomic E-state index is 0.197. The molecule has 0 aliphatic rings. The van der Waals surface area contributed by atoms with Crippen molar-refractivity contribution in [1.29, 1.82) is 0 Å². The van der Waals surface area contributed by atoms with Gasteiger partial charge in [-0.2, -0.15) is 0 Å². The molecule has 1 heterocycles. The topological polar surface area (TPSA) is 81.2 Å². The van der Waals surface area contributed by atoms with E-state index in [1.54, 1.807) is 18.2 Å². The number of anilines is 1. The van der Waals surface area contributed by atoms with Crippen LogP contribution >= 0.6 is 15.9 Å². The number of nitrogens with one attached hydrogen (secondary N) is 1. The molecule has 1 aromatic heterocycles. The lowest BCUT2D eigenvalue weighted by molar-refractivity contribution is 0.0940. The molecule has 2 rings (SSSR count). The van der Waals surface area contributed by atoms with E-state index in [2.05, 4.69) is 26.4 Å². The number of nitrogens with zero attached hydrogens (tertiary/aromatic N) is 1. The maximum absolute atomic E-state index is 12.2. The Morgan fingerprint density at radius 3 is 2.70 bits per heavy atom. The molecule has 5 nitrogen and oxygen atoms in total. The van der Waals surface area contributed by atoms with Gasteiger partial charge in [-0.05, 0) is 39.0 Å². The molecule has 6 heteroatoms. The van der Waals surface area contributed by atoms with Gasteiger partial charge < -0.3 is 15.6 Å². The maximum atomic E-state index is 12.2. The first-order chi connectivity index (χ1) is 9.40. The molecule has 20 heavy (non-hydrogen) atoms. The number of nitrogens with two attached hydrogens (primary N) is 1. The summed E-state index contributed by atoms with van der Waals surface area (Å²) in [6.07, 6.45) is 0. The van der Waals surface area contributed by atoms with Gasteiger partial charge in [0, 0.05) is 15.7 Å². The monoisotopic (exact) mass is 337 g/mol. The second kappa shape index (κ2) is 5.66. The molecule has 2 aromatic rings. The van der Waals surface area contributed by atoms with E-state index in [4.69, 9.17) is 10.3 Å². The van der Waals surface area contributed by atoms with Gasteiger partial charge in [-0.15, -0.1) is 0 Å². The second-order valence-corrected chi connectivity index (χ2v) is 5.58. The summed E-state index contributed by atoms with van der Waals surface area (Å²) < 4.78 is 5.95. The first kappa shape index (κ1) is 14.6. The Labute approximate surface area is 125 Å². The smallest absolute Gasteiger partial charge is 0.253 e. The van der Waals surface area contributed by atoms with Gasteiger partial charge in [0.25, 0.3) is 5.91 Å². The number of aromatic nitrogens is 1. The van der Waals surface area contributed by atoms with Crippen molar-refractivity contribution in [2.75, 3.05) is 5.73 Å². The van der Waals surface area contributed by atoms with Crippen LogP contribution in [-0.2, 0) is 0 Å². The van der Waals surface area contributed by atoms with E-state index < -0.39 is 0 Å². The summed E-state index contributed by atoms with van der Waals surface area (Å²) in [5, 5.41) is 6.80. The van der Waals surface area contributed by atoms with E-state index in [9.17, 15) is 4.79 Å². The number of aryl methyl sites for hydroxylation is 2. The summed E-state index contributed by atoms with van der Waals surface area (Å²) in [5.74, 6) is 0.488. The van der Waals surface area contributed by atoms with Crippen LogP contribution in [0.2, 0.25) is 0 Å². The Balaban J connectivity index is 2.19. The van der Waals surface area contributed by atoms with E-state index in [1.165, 1.54) is 0 Å². The lowest BCUT2D eigenvalue weighted by atomic mass is 10.1. The van der Waals surface area contributed by atoms with Crippen LogP contribution in [0.3, 0.4) is 0 Å². The van der Waals surface area contributed by atoms with Gasteiger partial charge in [-0.25, -0.2) is 0 Å². The van der Waals surface area contributed by atoms with E-state index in [0.29, 0.717) is 17.0 Å². The molecule has 0 spiro atoms. The molecular formula is C14H16BrN3O2. The minimum atomic E-state index is -0.220. The number of halogens is 1. The molecule has 0 saturated heterocycles. The summed E-state index contributed by atoms with van der Waals surface area (Å²) in [7, 11) is 0. The van der Waals surface area contributed by atoms with Crippen LogP contribution in [0.4, 0.5) is 5.69 Å². The highest BCUT2D eigenvalue weighted by atomic mass is 79.9. The lowest BCUT2D eigenvalue weighted by Crippen LogP contribution is -2.28. The zero-order valence-corrected chi connectivity index (χ0v) is 13.1. The number of benzene rings is 1. The van der Waals surface area contributed by atoms with Crippen molar-refractivity contribution in [3.05, 3.63) is 45.3 Å². The largest absolute Gasteiger partial charge is 0.398 e. The Kier molecular flexibility index (Phi) is 4.13. The van der Waals surface area contributed by atoms with E-state index >= 15 is 0 Å². The van der Waals surface area contributed by atoms with Crippen molar-refractivity contribution in [2.24, 2.45) is 0 Å². The Hall–Kier alpha value is -1.82. The summed E-state index contributed by atoms with van der Waals surface area (Å²) in [6.45, 7) is 5.56. The van der Waals surface area contributed by atoms with Gasteiger partial charge in [0.1, 0.15) is 5.76 Å². The Morgan fingerprint density at radius 1 is 1.45 bits per heavy atom. The van der Waals surface area contributed by atoms with E-state index in [-0.39, 0.29) is 11.9 Å². The summed E-state index contributed by atoms with van der Waals surface area (Å²) >= 11 is 3.31. The zero-order chi connectivity index (χ0) is 14.9. The first-order valence-electron chi connectivity index (χ1n) is 6.18. The van der Waals surface area contributed by atoms with Crippen LogP contribution in [0, 0.1) is 13.8 Å². The molecule has 0 aliphatic carbocycles. The molecule has 1 unspecified atom stereocenters. The maximum Gasteiger partial charge on any atom is 0.253 e. The quantitative estimate of drug-likeness (QED) is 0.843. The van der Waals surface area contributed by atoms with Crippen LogP contribution < -0.4 is 11.1 Å². The van der Waals surface area contributed by atoms with E-state index in [1.807, 2.05) is 20.8 Å². The number of amides is 1. The molecule has 1 amide bonds. The number of carbonyl (C=O) groups excluding carboxylic acids is 1. The molecule has 1 aromatic carbocycles. The third-order valence-electron chi connectivity index (χ3n) is 3.13. The van der Waals surface area contributed by atoms with Crippen LogP contribution in [0.25, 0.3) is 0 Å². The van der Waals surface area contributed by atoms with Gasteiger partial charge in [0.05, 0.1) is 17.3 Å². The van der Waals surface area contributed by atoms with Gasteiger partial charge in [-0.3, -0.25) is 4.79 Å². The Bertz CT molecular complexity index is 632. The van der Waals surface area contributed by atoms with E-state index in [0.717, 1.165) is 15.7 Å². The standard InChI is InChI=1S/C14H16BrN3O2/c1-7(13-8(2)18-20-9(13)3)17-14(19)11-5-4-10(15)6-12(11)16/h4-7H,16H2,1-3H3,(H,17,19). The summed E-state index contributed by atoms with van der Waals surface area (Å²) in [4.78, 5) is 12.2. The average Bonchev–Trinajstić information content (AvgIpc) is 2.68. The fourth-order valence-corrected chi connectivity index (χ4v) is 2.57. The van der Waals surface area contributed by atoms with Gasteiger partial charge in [0.2, 0.25) is 0 Å². The molecule has 0 aliphatic heterocycles. The van der Waals surface area contributed by atoms with Crippen molar-refractivity contribution in [3.63, 3.8) is 0 Å². The molecule has 0 fully saturated rings. The fourth-order valence-electron chi connectivity index (χ4n) is 2.20. The highest BCUT2D eigenvalue weighted by Gasteiger charge is 2.19. The van der Waals surface area contributed by atoms with Gasteiger partial charge in [0.15, 0.2) is 0 Å². The van der Waals surface area contributed by atoms with Crippen LogP contribution in [-0.4, -0.2) is 11.1 Å². The number of carbonyl (C=O) groups is 1. The molecule has 0 bridgehead atoms. The minimum Gasteiger partial charge on any atom is -0.398 e. The van der Waals surface area contributed by atoms with Crippen molar-refractivity contribution in [3.8, 4) is 0 Å². The lowest BCUT2D eigenvalue weighted by Gasteiger charge is -2.14. The van der Waals surface area contributed by atoms with Crippen molar-refractivity contribution in [2.45, 2.75) is 26.8 Å². The number of hydrogen-bond donors (Lipinski definition) is 2. The van der Waals surface area contributed by atoms with Gasteiger partial charge in [-0.1, -0.05) is 21.1 Å². The molecular weight excluding hydrogens is 322 g/mol. The molecule has 3 N–H and O–H groups in total. The second-order valence-electron chi connectivity index (χ2n) is 4.66. The predicted molar refractivity (Wildman–Crippen MR) is 80.4 cm³/mol. The SMILES string of the molecule is Cc1noc(C)c1C(C)NC(=O)c1ccc(Br)cc1N. The molecule has 1 atom stereocenters. The third-order valence-corrected chi connectivity index (χ3v) is 3.62. The normalized spacial score (nSPS) is 12.2. The number of rotatable bonds is 3. The summed E-state index contributed by atoms with van der Waals surface area (Å²) in [6, 6.07) is 4.98. The average molecular weight is 338 g/mol. The van der Waals surface area contributed by atoms with Crippen LogP contribution in [0.1, 0.15) is 40.3 Å². The number of hydrogen-bond acceptors (Lipinski definition) is 4.